The van der Waals surface area contributed by atoms with Gasteiger partial charge in [0.15, 0.2) is 5.78 Å². The van der Waals surface area contributed by atoms with E-state index in [0.717, 1.165) is 37.0 Å². The molecule has 3 heteroatoms. The number of esters is 1. The molecule has 0 saturated heterocycles. The van der Waals surface area contributed by atoms with Gasteiger partial charge in [-0.15, -0.1) is 0 Å². The second kappa shape index (κ2) is 5.40. The summed E-state index contributed by atoms with van der Waals surface area (Å²) in [5, 5.41) is 0. The van der Waals surface area contributed by atoms with Gasteiger partial charge >= 0.3 is 5.97 Å². The maximum atomic E-state index is 13.3. The Labute approximate surface area is 127 Å². The molecule has 4 rings (SSSR count). The summed E-state index contributed by atoms with van der Waals surface area (Å²) >= 11 is 0. The average molecular weight is 292 g/mol. The van der Waals surface area contributed by atoms with Crippen molar-refractivity contribution in [1.82, 2.24) is 0 Å². The van der Waals surface area contributed by atoms with Crippen molar-refractivity contribution in [3.05, 3.63) is 0 Å². The third-order valence-corrected chi connectivity index (χ3v) is 6.05. The predicted molar refractivity (Wildman–Crippen MR) is 80.6 cm³/mol. The molecule has 1 unspecified atom stereocenters. The van der Waals surface area contributed by atoms with Crippen LogP contribution in [0.2, 0.25) is 0 Å². The summed E-state index contributed by atoms with van der Waals surface area (Å²) in [6, 6.07) is 0. The Morgan fingerprint density at radius 1 is 1.05 bits per heavy atom. The average Bonchev–Trinajstić information content (AvgIpc) is 2.36. The van der Waals surface area contributed by atoms with Gasteiger partial charge < -0.3 is 4.74 Å². The van der Waals surface area contributed by atoms with E-state index >= 15 is 0 Å². The Hall–Kier alpha value is -0.860. The van der Waals surface area contributed by atoms with Gasteiger partial charge in [-0.25, -0.2) is 0 Å². The van der Waals surface area contributed by atoms with Crippen LogP contribution in [0.3, 0.4) is 0 Å². The molecule has 0 heterocycles. The number of ketones is 1. The smallest absolute Gasteiger partial charge is 0.316 e. The Morgan fingerprint density at radius 3 is 1.90 bits per heavy atom. The predicted octanol–water partition coefficient (Wildman–Crippen LogP) is 3.61. The number of Topliss-reactive ketones (excluding diaryl/α,β-unsaturated/α-hetero) is 1. The largest absolute Gasteiger partial charge is 0.465 e. The Kier molecular flexibility index (Phi) is 3.87. The second-order valence-corrected chi connectivity index (χ2v) is 8.04. The van der Waals surface area contributed by atoms with E-state index < -0.39 is 5.92 Å². The molecule has 0 amide bonds. The third-order valence-electron chi connectivity index (χ3n) is 6.05. The molecule has 4 bridgehead atoms. The summed E-state index contributed by atoms with van der Waals surface area (Å²) in [6.45, 7) is 6.11. The van der Waals surface area contributed by atoms with Gasteiger partial charge in [0.05, 0.1) is 6.61 Å². The van der Waals surface area contributed by atoms with E-state index in [0.29, 0.717) is 6.61 Å². The van der Waals surface area contributed by atoms with Crippen molar-refractivity contribution in [3.63, 3.8) is 0 Å². The van der Waals surface area contributed by atoms with Crippen molar-refractivity contribution >= 4 is 11.8 Å². The highest BCUT2D eigenvalue weighted by atomic mass is 16.5. The van der Waals surface area contributed by atoms with E-state index in [4.69, 9.17) is 4.74 Å². The van der Waals surface area contributed by atoms with Crippen molar-refractivity contribution in [2.24, 2.45) is 35.0 Å². The molecule has 0 N–H and O–H groups in total. The molecule has 118 valence electrons. The summed E-state index contributed by atoms with van der Waals surface area (Å²) in [5.74, 6) is 1.58. The number of hydrogen-bond donors (Lipinski definition) is 0. The molecule has 4 aliphatic rings. The van der Waals surface area contributed by atoms with Crippen molar-refractivity contribution < 1.29 is 14.3 Å². The number of rotatable bonds is 5. The summed E-state index contributed by atoms with van der Waals surface area (Å²) < 4.78 is 5.19. The highest BCUT2D eigenvalue weighted by molar-refractivity contribution is 6.02. The van der Waals surface area contributed by atoms with Gasteiger partial charge in [-0.05, 0) is 69.1 Å². The van der Waals surface area contributed by atoms with Crippen LogP contribution in [0.4, 0.5) is 0 Å². The van der Waals surface area contributed by atoms with Crippen LogP contribution in [0, 0.1) is 35.0 Å². The van der Waals surface area contributed by atoms with Gasteiger partial charge in [-0.3, -0.25) is 9.59 Å². The standard InChI is InChI=1S/C18H28O3/c1-4-21-17(20)15(11(2)3)16(19)18-8-12-5-13(9-18)7-14(6-12)10-18/h11-15H,4-10H2,1-3H3. The molecule has 0 radical (unpaired) electrons. The van der Waals surface area contributed by atoms with Crippen LogP contribution in [-0.4, -0.2) is 18.4 Å². The van der Waals surface area contributed by atoms with Gasteiger partial charge in [-0.2, -0.15) is 0 Å². The van der Waals surface area contributed by atoms with Crippen molar-refractivity contribution in [2.75, 3.05) is 6.61 Å². The minimum Gasteiger partial charge on any atom is -0.465 e. The molecule has 0 aliphatic heterocycles. The van der Waals surface area contributed by atoms with E-state index in [9.17, 15) is 9.59 Å². The zero-order chi connectivity index (χ0) is 15.2. The number of carbonyl (C=O) groups excluding carboxylic acids is 2. The van der Waals surface area contributed by atoms with Crippen LogP contribution in [0.5, 0.6) is 0 Å². The monoisotopic (exact) mass is 292 g/mol. The summed E-state index contributed by atoms with van der Waals surface area (Å²) in [5.41, 5.74) is -0.198. The van der Waals surface area contributed by atoms with E-state index in [1.54, 1.807) is 0 Å². The zero-order valence-electron chi connectivity index (χ0n) is 13.6. The summed E-state index contributed by atoms with van der Waals surface area (Å²) in [7, 11) is 0. The maximum Gasteiger partial charge on any atom is 0.316 e. The highest BCUT2D eigenvalue weighted by Gasteiger charge is 2.56. The Bertz CT molecular complexity index is 402. The van der Waals surface area contributed by atoms with Crippen molar-refractivity contribution in [1.29, 1.82) is 0 Å². The molecular weight excluding hydrogens is 264 g/mol. The molecule has 4 fully saturated rings. The van der Waals surface area contributed by atoms with Gasteiger partial charge in [-0.1, -0.05) is 13.8 Å². The van der Waals surface area contributed by atoms with E-state index in [2.05, 4.69) is 0 Å². The lowest BCUT2D eigenvalue weighted by molar-refractivity contribution is -0.163. The first kappa shape index (κ1) is 15.1. The molecule has 4 aliphatic carbocycles. The first-order valence-electron chi connectivity index (χ1n) is 8.66. The van der Waals surface area contributed by atoms with Crippen LogP contribution in [-0.2, 0) is 14.3 Å². The van der Waals surface area contributed by atoms with Crippen molar-refractivity contribution in [2.45, 2.75) is 59.3 Å². The van der Waals surface area contributed by atoms with E-state index in [-0.39, 0.29) is 23.1 Å². The lowest BCUT2D eigenvalue weighted by Gasteiger charge is -2.56. The Balaban J connectivity index is 1.84. The number of carbonyl (C=O) groups is 2. The summed E-state index contributed by atoms with van der Waals surface area (Å²) in [4.78, 5) is 25.5. The molecular formula is C18H28O3. The van der Waals surface area contributed by atoms with Gasteiger partial charge in [0.25, 0.3) is 0 Å². The molecule has 0 aromatic heterocycles. The number of ether oxygens (including phenoxy) is 1. The molecule has 1 atom stereocenters. The van der Waals surface area contributed by atoms with Gasteiger partial charge in [0.1, 0.15) is 5.92 Å². The second-order valence-electron chi connectivity index (χ2n) is 8.04. The van der Waals surface area contributed by atoms with Crippen LogP contribution in [0.25, 0.3) is 0 Å². The topological polar surface area (TPSA) is 43.4 Å². The molecule has 3 nitrogen and oxygen atoms in total. The van der Waals surface area contributed by atoms with E-state index in [1.165, 1.54) is 19.3 Å². The zero-order valence-corrected chi connectivity index (χ0v) is 13.6. The Morgan fingerprint density at radius 2 is 1.52 bits per heavy atom. The fourth-order valence-corrected chi connectivity index (χ4v) is 5.66. The van der Waals surface area contributed by atoms with Crippen LogP contribution < -0.4 is 0 Å². The van der Waals surface area contributed by atoms with Crippen LogP contribution in [0.15, 0.2) is 0 Å². The fraction of sp³-hybridized carbons (Fsp3) is 0.889. The normalized spacial score (nSPS) is 38.6. The summed E-state index contributed by atoms with van der Waals surface area (Å²) in [6.07, 6.45) is 7.04. The minimum atomic E-state index is -0.554. The molecule has 0 aromatic rings. The third kappa shape index (κ3) is 2.53. The van der Waals surface area contributed by atoms with Crippen LogP contribution >= 0.6 is 0 Å². The maximum absolute atomic E-state index is 13.3. The van der Waals surface area contributed by atoms with Crippen molar-refractivity contribution in [3.8, 4) is 0 Å². The lowest BCUT2D eigenvalue weighted by Crippen LogP contribution is -2.53. The van der Waals surface area contributed by atoms with Gasteiger partial charge in [0.2, 0.25) is 0 Å². The van der Waals surface area contributed by atoms with E-state index in [1.807, 2.05) is 20.8 Å². The first-order valence-corrected chi connectivity index (χ1v) is 8.66. The van der Waals surface area contributed by atoms with Gasteiger partial charge in [0, 0.05) is 5.41 Å². The highest BCUT2D eigenvalue weighted by Crippen LogP contribution is 2.61. The molecule has 0 spiro atoms. The molecule has 4 saturated carbocycles. The molecule has 21 heavy (non-hydrogen) atoms. The quantitative estimate of drug-likeness (QED) is 0.574. The van der Waals surface area contributed by atoms with Crippen LogP contribution in [0.1, 0.15) is 59.3 Å². The lowest BCUT2D eigenvalue weighted by atomic mass is 9.47. The first-order chi connectivity index (χ1) is 9.95. The minimum absolute atomic E-state index is 0.0320. The fourth-order valence-electron chi connectivity index (χ4n) is 5.66. The SMILES string of the molecule is CCOC(=O)C(C(=O)C12CC3CC(CC(C3)C1)C2)C(C)C. The number of hydrogen-bond acceptors (Lipinski definition) is 3. The molecule has 0 aromatic carbocycles.